The number of carbonyl (C=O) groups is 12. The molecule has 8 atom stereocenters. The molecule has 6 unspecified atom stereocenters. The Hall–Kier alpha value is -8.86. The summed E-state index contributed by atoms with van der Waals surface area (Å²) in [6.45, 7) is 19.8. The van der Waals surface area contributed by atoms with Crippen molar-refractivity contribution >= 4 is 164 Å². The number of piperazine rings is 2. The maximum Gasteiger partial charge on any atom is 1.00 e. The average molecular weight is 2060 g/mol. The third kappa shape index (κ3) is 45.0. The van der Waals surface area contributed by atoms with Crippen LogP contribution in [0.2, 0.25) is 5.02 Å². The Kier molecular flexibility index (Phi) is 55.5. The third-order valence-corrected chi connectivity index (χ3v) is 21.6. The SMILES string of the molecule is C.C.COC(=O)CCl.COC(=O)CN1C(=O)CCC1CN=[N+]=[N-].CS(=O)(=O)Cl.CS(=O)(=O)OCC1CCC(=O)C1.C[C@H]1Cn2ncc(I)c2CN1C(=O)OC(C)(C)C.C[C@H]1Cn2ncc(N3CC4CCC(=O)N4CC3=O)c2CN1C(=O)OC(C)(C)C.O=C1CCC(CO)C1.O=C1CN2C(=O)CCC2CN1.O=C=Nc1ccc(F)c(Cl)c1.[N-]=[N+]=NCC1CCC(=O)C1.[N-]=[N+]=[N-].[Na+]. The number of ether oxygens (including phenoxy) is 4. The molecule has 52 heteroatoms. The zero-order valence-corrected chi connectivity index (χ0v) is 81.6. The van der Waals surface area contributed by atoms with Crippen LogP contribution < -0.4 is 39.8 Å². The van der Waals surface area contributed by atoms with E-state index in [2.05, 4.69) is 87.5 Å². The molecule has 2 N–H and O–H groups in total. The Morgan fingerprint density at radius 2 is 1.13 bits per heavy atom. The van der Waals surface area contributed by atoms with Crippen LogP contribution in [-0.2, 0) is 121 Å². The molecule has 130 heavy (non-hydrogen) atoms. The van der Waals surface area contributed by atoms with Gasteiger partial charge in [-0.15, -0.1) is 11.6 Å². The molecule has 5 saturated heterocycles. The second-order valence-corrected chi connectivity index (χ2v) is 38.5. The first kappa shape index (κ1) is 121. The topological polar surface area (TPSA) is 592 Å². The Labute approximate surface area is 805 Å². The molecule has 9 heterocycles. The number of hydrogen-bond donors (Lipinski definition) is 2. The molecule has 1 aromatic carbocycles. The average Bonchev–Trinajstić information content (AvgIpc) is 1.60. The molecule has 7 aliphatic heterocycles. The number of nitrogens with one attached hydrogen (secondary N) is 1. The summed E-state index contributed by atoms with van der Waals surface area (Å²) in [6, 6.07) is 3.93. The number of amides is 7. The number of aromatic nitrogens is 4. The molecule has 2 aromatic heterocycles. The molecule has 0 spiro atoms. The number of alkyl halides is 1. The fraction of sp³-hybridized carbons (Fsp3) is 0.679. The summed E-state index contributed by atoms with van der Waals surface area (Å²) in [5, 5.41) is 26.8. The molecule has 3 aromatic rings. The number of methoxy groups -OCH3 is 2. The minimum atomic E-state index is -3.34. The van der Waals surface area contributed by atoms with Crippen molar-refractivity contribution in [3.63, 3.8) is 0 Å². The quantitative estimate of drug-likeness (QED) is 0.0133. The van der Waals surface area contributed by atoms with Gasteiger partial charge in [-0.25, -0.2) is 27.2 Å². The number of Topliss-reactive ketones (excluding diaryl/α,β-unsaturated/α-hetero) is 3. The van der Waals surface area contributed by atoms with Crippen LogP contribution in [0.4, 0.5) is 25.4 Å². The van der Waals surface area contributed by atoms with Crippen LogP contribution in [-0.4, -0.2) is 276 Å². The van der Waals surface area contributed by atoms with Crippen molar-refractivity contribution in [1.82, 2.24) is 49.4 Å². The number of ketones is 3. The first-order valence-electron chi connectivity index (χ1n) is 39.8. The monoisotopic (exact) mass is 2050 g/mol. The van der Waals surface area contributed by atoms with Crippen molar-refractivity contribution in [3.8, 4) is 0 Å². The molecule has 720 valence electrons. The van der Waals surface area contributed by atoms with E-state index in [-0.39, 0.29) is 184 Å². The summed E-state index contributed by atoms with van der Waals surface area (Å²) in [7, 11) is 0.533. The Bertz CT molecular complexity index is 4740. The summed E-state index contributed by atoms with van der Waals surface area (Å²) >= 11 is 12.6. The van der Waals surface area contributed by atoms with Gasteiger partial charge in [-0.3, -0.25) is 76.2 Å². The fourth-order valence-electron chi connectivity index (χ4n) is 13.4. The summed E-state index contributed by atoms with van der Waals surface area (Å²) < 4.78 is 81.5. The van der Waals surface area contributed by atoms with E-state index in [4.69, 9.17) is 59.9 Å². The number of isocyanates is 1. The van der Waals surface area contributed by atoms with Gasteiger partial charge in [-0.1, -0.05) is 36.7 Å². The predicted molar refractivity (Wildman–Crippen MR) is 480 cm³/mol. The van der Waals surface area contributed by atoms with Crippen molar-refractivity contribution in [3.05, 3.63) is 93.3 Å². The van der Waals surface area contributed by atoms with Gasteiger partial charge in [-0.05, 0) is 164 Å². The number of likely N-dealkylation sites (tertiary alicyclic amines) is 1. The number of aliphatic imine (C=N–C) groups is 1. The standard InChI is InChI=1S/C19H27N5O4.C12H18IN3O2.C8H12N4O3.C7H3ClFNO.C7H10N2O2.C7H12O4S.C6H9N3O.C6H10O2.C3H5ClO2.CH3ClO2S.2CH4.N3.Na/c1-12-8-24-15(10-21(12)18(27)28-19(2,3)4)14(7-20-24)23-9-13-5-6-16(25)22(13)11-17(23)26;1-8-6-16-10(9(13)5-14-16)7-15(8)11(17)18-12(2,3)4;1-15-8(14)5-12-6(4-10-11-9)2-3-7(12)13;8-6-3-5(10-4-11)1-2-7(6)9;10-6-4-9-5(3-8-6)1-2-7(9)11;1-12(9,10)11-5-6-2-3-7(8)4-6;7-9-8-4-5-1-2-6(10)3-5;7-4-5-1-2-6(8)3-5;1-6-3(5)2-4;1-5(2,3)4;;;1-3-2;/h7,12-13H,5-6,8-11H2,1-4H3;5,8H,6-7H2,1-4H3;6H,2-5H2,1H3;1-3H;5H,1-4H2,(H,8,10);6H,2-5H2,1H3;5H,1-4H2;5,7H,1-4H2;2H2,1H3;1H3;2*1H4;;/q;;;;;;;;;;;;-1;+1/t12-,13?;8-;;;;;;;;;;;;/m00............/s1. The molecule has 0 bridgehead atoms. The minimum absolute atomic E-state index is 0. The van der Waals surface area contributed by atoms with Crippen molar-refractivity contribution in [2.75, 3.05) is 96.5 Å². The van der Waals surface area contributed by atoms with Crippen LogP contribution >= 0.6 is 56.5 Å². The summed E-state index contributed by atoms with van der Waals surface area (Å²) in [6.07, 6.45) is 16.1. The number of benzene rings is 1. The number of aliphatic hydroxyl groups is 1. The minimum Gasteiger partial charge on any atom is -0.468 e. The second-order valence-electron chi connectivity index (χ2n) is 31.9. The first-order chi connectivity index (χ1) is 59.5. The van der Waals surface area contributed by atoms with E-state index in [9.17, 15) is 83.6 Å². The molecular formula is C78H117Cl3FIN21NaO23S2. The Balaban J connectivity index is 0.00000147. The number of azide groups is 2. The zero-order valence-electron chi connectivity index (χ0n) is 73.6. The molecular weight excluding hydrogens is 1940 g/mol. The maximum atomic E-state index is 12.7. The van der Waals surface area contributed by atoms with Crippen LogP contribution in [0.25, 0.3) is 36.9 Å². The molecule has 10 aliphatic rings. The van der Waals surface area contributed by atoms with Crippen LogP contribution in [0, 0.1) is 27.1 Å². The van der Waals surface area contributed by atoms with Crippen molar-refractivity contribution < 1.29 is 141 Å². The van der Waals surface area contributed by atoms with Gasteiger partial charge >= 0.3 is 53.7 Å². The normalized spacial score (nSPS) is 20.5. The Morgan fingerprint density at radius 1 is 0.662 bits per heavy atom. The van der Waals surface area contributed by atoms with Gasteiger partial charge in [0.05, 0.1) is 134 Å². The van der Waals surface area contributed by atoms with Crippen LogP contribution in [0.15, 0.2) is 45.8 Å². The van der Waals surface area contributed by atoms with E-state index in [0.29, 0.717) is 127 Å². The van der Waals surface area contributed by atoms with Crippen molar-refractivity contribution in [2.45, 2.75) is 234 Å². The number of halogens is 5. The zero-order chi connectivity index (χ0) is 95.9. The van der Waals surface area contributed by atoms with E-state index in [1.165, 1.54) is 42.2 Å². The number of rotatable bonds is 13. The van der Waals surface area contributed by atoms with E-state index in [0.717, 1.165) is 77.9 Å². The van der Waals surface area contributed by atoms with E-state index < -0.39 is 48.1 Å². The predicted octanol–water partition coefficient (Wildman–Crippen LogP) is 8.07. The molecule has 44 nitrogen and oxygen atoms in total. The molecule has 3 aliphatic carbocycles. The summed E-state index contributed by atoms with van der Waals surface area (Å²) in [4.78, 5) is 165. The van der Waals surface area contributed by atoms with Crippen molar-refractivity contribution in [1.29, 1.82) is 0 Å². The number of carbonyl (C=O) groups excluding carboxylic acids is 13. The van der Waals surface area contributed by atoms with Gasteiger partial charge in [-0.2, -0.15) is 23.6 Å². The van der Waals surface area contributed by atoms with E-state index >= 15 is 0 Å². The smallest absolute Gasteiger partial charge is 0.468 e. The van der Waals surface area contributed by atoms with Gasteiger partial charge in [0, 0.05) is 117 Å². The molecule has 7 amide bonds. The molecule has 13 rings (SSSR count). The van der Waals surface area contributed by atoms with Gasteiger partial charge in [0.2, 0.25) is 44.7 Å². The molecule has 3 saturated carbocycles. The van der Waals surface area contributed by atoms with Gasteiger partial charge in [0.15, 0.2) is 0 Å². The fourth-order valence-corrected chi connectivity index (χ4v) is 14.7. The number of nitrogens with zero attached hydrogens (tertiary/aromatic N) is 20. The van der Waals surface area contributed by atoms with E-state index in [1.807, 2.05) is 71.0 Å². The number of anilines is 1. The van der Waals surface area contributed by atoms with Gasteiger partial charge in [0.25, 0.3) is 10.1 Å². The summed E-state index contributed by atoms with van der Waals surface area (Å²) in [5.41, 5.74) is 31.5. The largest absolute Gasteiger partial charge is 1.00 e. The summed E-state index contributed by atoms with van der Waals surface area (Å²) in [5.74, 6) is 0.0302. The van der Waals surface area contributed by atoms with Crippen LogP contribution in [0.1, 0.15) is 178 Å². The number of hydrogen-bond acceptors (Lipinski definition) is 28. The maximum absolute atomic E-state index is 12.7. The first-order valence-corrected chi connectivity index (χ1v) is 46.3. The van der Waals surface area contributed by atoms with Crippen LogP contribution in [0.3, 0.4) is 0 Å². The second kappa shape index (κ2) is 59.6. The third-order valence-electron chi connectivity index (χ3n) is 19.7. The van der Waals surface area contributed by atoms with Gasteiger partial charge in [0.1, 0.15) is 53.3 Å². The van der Waals surface area contributed by atoms with Crippen LogP contribution in [0.5, 0.6) is 0 Å². The Morgan fingerprint density at radius 3 is 1.58 bits per heavy atom. The molecule has 0 radical (unpaired) electrons. The number of fused-ring (bicyclic) bond motifs is 4. The van der Waals surface area contributed by atoms with E-state index in [1.54, 1.807) is 30.7 Å². The number of esters is 2. The van der Waals surface area contributed by atoms with Crippen molar-refractivity contribution in [2.24, 2.45) is 33.0 Å². The molecule has 8 fully saturated rings. The van der Waals surface area contributed by atoms with Gasteiger partial charge < -0.3 is 60.0 Å². The number of aliphatic hydroxyl groups excluding tert-OH is 1.